The number of ether oxygens (including phenoxy) is 2. The smallest absolute Gasteiger partial charge is 0.303 e. The first-order chi connectivity index (χ1) is 12.4. The highest BCUT2D eigenvalue weighted by Gasteiger charge is 2.47. The number of benzene rings is 2. The van der Waals surface area contributed by atoms with E-state index in [0.717, 1.165) is 0 Å². The summed E-state index contributed by atoms with van der Waals surface area (Å²) in [6.45, 7) is 2.44. The second kappa shape index (κ2) is 8.79. The molecular formula is C19H21O6P. The minimum absolute atomic E-state index is 0.487. The summed E-state index contributed by atoms with van der Waals surface area (Å²) in [6.07, 6.45) is 0. The third-order valence-corrected chi connectivity index (χ3v) is 6.35. The minimum Gasteiger partial charge on any atom is -0.447 e. The first kappa shape index (κ1) is 19.9. The summed E-state index contributed by atoms with van der Waals surface area (Å²) >= 11 is 0. The van der Waals surface area contributed by atoms with Gasteiger partial charge in [0.05, 0.1) is 0 Å². The van der Waals surface area contributed by atoms with Gasteiger partial charge in [-0.3, -0.25) is 14.2 Å². The van der Waals surface area contributed by atoms with Gasteiger partial charge in [-0.1, -0.05) is 60.7 Å². The fourth-order valence-electron chi connectivity index (χ4n) is 2.56. The molecule has 2 aromatic rings. The van der Waals surface area contributed by atoms with Crippen molar-refractivity contribution in [3.63, 3.8) is 0 Å². The van der Waals surface area contributed by atoms with E-state index in [2.05, 4.69) is 0 Å². The molecule has 0 saturated heterocycles. The van der Waals surface area contributed by atoms with Gasteiger partial charge in [-0.25, -0.2) is 0 Å². The normalized spacial score (nSPS) is 15.3. The monoisotopic (exact) mass is 376 g/mol. The summed E-state index contributed by atoms with van der Waals surface area (Å²) in [7, 11) is -2.61. The fourth-order valence-corrected chi connectivity index (χ4v) is 4.96. The fraction of sp³-hybridized carbons (Fsp3) is 0.263. The Morgan fingerprint density at radius 1 is 0.769 bits per heavy atom. The molecule has 0 spiro atoms. The van der Waals surface area contributed by atoms with E-state index in [1.165, 1.54) is 21.0 Å². The highest BCUT2D eigenvalue weighted by atomic mass is 31.2. The molecule has 2 aromatic carbocycles. The molecule has 0 saturated carbocycles. The summed E-state index contributed by atoms with van der Waals surface area (Å²) in [5, 5.41) is 0. The van der Waals surface area contributed by atoms with Crippen LogP contribution in [0.4, 0.5) is 0 Å². The van der Waals surface area contributed by atoms with Gasteiger partial charge in [0.25, 0.3) is 7.37 Å². The number of hydrogen-bond donors (Lipinski definition) is 0. The van der Waals surface area contributed by atoms with Gasteiger partial charge in [-0.2, -0.15) is 0 Å². The van der Waals surface area contributed by atoms with E-state index in [9.17, 15) is 14.2 Å². The maximum atomic E-state index is 13.9. The molecule has 3 atom stereocenters. The molecule has 0 aliphatic rings. The first-order valence-electron chi connectivity index (χ1n) is 7.98. The van der Waals surface area contributed by atoms with Crippen molar-refractivity contribution in [2.45, 2.75) is 25.5 Å². The second-order valence-electron chi connectivity index (χ2n) is 5.57. The Labute approximate surface area is 152 Å². The van der Waals surface area contributed by atoms with Gasteiger partial charge in [0.2, 0.25) is 11.7 Å². The summed E-state index contributed by atoms with van der Waals surface area (Å²) in [6, 6.07) is 17.2. The van der Waals surface area contributed by atoms with Gasteiger partial charge in [0, 0.05) is 32.1 Å². The van der Waals surface area contributed by atoms with E-state index in [-0.39, 0.29) is 0 Å². The zero-order valence-corrected chi connectivity index (χ0v) is 15.7. The lowest BCUT2D eigenvalue weighted by molar-refractivity contribution is -0.144. The first-order valence-corrected chi connectivity index (χ1v) is 9.74. The van der Waals surface area contributed by atoms with Crippen molar-refractivity contribution in [1.82, 2.24) is 0 Å². The molecule has 2 rings (SSSR count). The average molecular weight is 376 g/mol. The Kier molecular flexibility index (Phi) is 6.72. The molecule has 0 radical (unpaired) electrons. The molecular weight excluding hydrogens is 355 g/mol. The number of rotatable bonds is 7. The van der Waals surface area contributed by atoms with Crippen molar-refractivity contribution in [2.75, 3.05) is 7.11 Å². The van der Waals surface area contributed by atoms with Crippen molar-refractivity contribution in [1.29, 1.82) is 0 Å². The van der Waals surface area contributed by atoms with Crippen LogP contribution >= 0.6 is 7.37 Å². The van der Waals surface area contributed by atoms with Crippen LogP contribution in [0, 0.1) is 0 Å². The zero-order valence-electron chi connectivity index (χ0n) is 14.8. The largest absolute Gasteiger partial charge is 0.447 e. The Morgan fingerprint density at radius 2 is 1.12 bits per heavy atom. The van der Waals surface area contributed by atoms with Crippen LogP contribution in [0.15, 0.2) is 60.7 Å². The predicted octanol–water partition coefficient (Wildman–Crippen LogP) is 4.43. The van der Waals surface area contributed by atoms with E-state index in [4.69, 9.17) is 14.0 Å². The summed E-state index contributed by atoms with van der Waals surface area (Å²) in [4.78, 5) is 23.3. The Balaban J connectivity index is 2.59. The van der Waals surface area contributed by atoms with Crippen LogP contribution < -0.4 is 0 Å². The van der Waals surface area contributed by atoms with Crippen LogP contribution in [-0.4, -0.2) is 19.0 Å². The molecule has 0 aliphatic carbocycles. The van der Waals surface area contributed by atoms with Crippen LogP contribution in [-0.2, 0) is 28.2 Å². The van der Waals surface area contributed by atoms with E-state index >= 15 is 0 Å². The van der Waals surface area contributed by atoms with E-state index < -0.39 is 31.0 Å². The Bertz CT molecular complexity index is 727. The third kappa shape index (κ3) is 4.59. The van der Waals surface area contributed by atoms with E-state index in [1.807, 2.05) is 0 Å². The lowest BCUT2D eigenvalue weighted by atomic mass is 10.2. The maximum absolute atomic E-state index is 13.9. The molecule has 0 fully saturated rings. The van der Waals surface area contributed by atoms with Crippen molar-refractivity contribution < 1.29 is 28.2 Å². The number of carbonyl (C=O) groups is 2. The van der Waals surface area contributed by atoms with E-state index in [1.54, 1.807) is 60.7 Å². The molecule has 6 nitrogen and oxygen atoms in total. The lowest BCUT2D eigenvalue weighted by Gasteiger charge is -2.31. The standard InChI is InChI=1S/C19H21O6P/c1-14(20)24-18(16-10-6-4-7-11-16)26(22,23-3)19(25-15(2)21)17-12-8-5-9-13-17/h4-13,18-19H,1-3H3/t18-,19+,26?. The SMILES string of the molecule is COP(=O)([C@H](OC(C)=O)c1ccccc1)[C@@H](OC(C)=O)c1ccccc1. The topological polar surface area (TPSA) is 78.9 Å². The Morgan fingerprint density at radius 3 is 1.38 bits per heavy atom. The van der Waals surface area contributed by atoms with Crippen molar-refractivity contribution >= 4 is 19.3 Å². The van der Waals surface area contributed by atoms with E-state index in [0.29, 0.717) is 11.1 Å². The predicted molar refractivity (Wildman–Crippen MR) is 96.5 cm³/mol. The number of carbonyl (C=O) groups excluding carboxylic acids is 2. The second-order valence-corrected chi connectivity index (χ2v) is 8.17. The van der Waals surface area contributed by atoms with Crippen molar-refractivity contribution in [3.05, 3.63) is 71.8 Å². The van der Waals surface area contributed by atoms with Gasteiger partial charge in [-0.05, 0) is 0 Å². The molecule has 138 valence electrons. The molecule has 0 N–H and O–H groups in total. The van der Waals surface area contributed by atoms with Gasteiger partial charge < -0.3 is 14.0 Å². The molecule has 26 heavy (non-hydrogen) atoms. The quantitative estimate of drug-likeness (QED) is 0.525. The highest BCUT2D eigenvalue weighted by molar-refractivity contribution is 7.59. The van der Waals surface area contributed by atoms with Crippen LogP contribution in [0.3, 0.4) is 0 Å². The third-order valence-electron chi connectivity index (χ3n) is 3.66. The molecule has 0 bridgehead atoms. The van der Waals surface area contributed by atoms with Crippen molar-refractivity contribution in [2.24, 2.45) is 0 Å². The van der Waals surface area contributed by atoms with Crippen LogP contribution in [0.5, 0.6) is 0 Å². The number of hydrogen-bond acceptors (Lipinski definition) is 6. The lowest BCUT2D eigenvalue weighted by Crippen LogP contribution is -2.18. The summed E-state index contributed by atoms with van der Waals surface area (Å²) < 4.78 is 30.0. The van der Waals surface area contributed by atoms with Crippen LogP contribution in [0.25, 0.3) is 0 Å². The van der Waals surface area contributed by atoms with Crippen molar-refractivity contribution in [3.8, 4) is 0 Å². The molecule has 7 heteroatoms. The van der Waals surface area contributed by atoms with Crippen LogP contribution in [0.2, 0.25) is 0 Å². The van der Waals surface area contributed by atoms with Gasteiger partial charge in [0.15, 0.2) is 0 Å². The minimum atomic E-state index is -3.86. The van der Waals surface area contributed by atoms with Gasteiger partial charge in [0.1, 0.15) is 0 Å². The summed E-state index contributed by atoms with van der Waals surface area (Å²) in [5.74, 6) is -3.66. The zero-order chi connectivity index (χ0) is 19.2. The molecule has 0 heterocycles. The molecule has 0 aliphatic heterocycles. The molecule has 0 amide bonds. The Hall–Kier alpha value is -2.43. The summed E-state index contributed by atoms with van der Waals surface area (Å²) in [5.41, 5.74) is 0.974. The molecule has 1 unspecified atom stereocenters. The van der Waals surface area contributed by atoms with Gasteiger partial charge in [-0.15, -0.1) is 0 Å². The average Bonchev–Trinajstić information content (AvgIpc) is 2.65. The maximum Gasteiger partial charge on any atom is 0.303 e. The van der Waals surface area contributed by atoms with Gasteiger partial charge >= 0.3 is 11.9 Å². The van der Waals surface area contributed by atoms with Crippen LogP contribution in [0.1, 0.15) is 36.7 Å². The number of esters is 2. The highest BCUT2D eigenvalue weighted by Crippen LogP contribution is 2.69. The molecule has 0 aromatic heterocycles.